The number of carbonyl (C=O) groups is 1. The predicted molar refractivity (Wildman–Crippen MR) is 92.7 cm³/mol. The third-order valence-electron chi connectivity index (χ3n) is 5.22. The van der Waals surface area contributed by atoms with E-state index in [0.717, 1.165) is 35.1 Å². The molecule has 5 nitrogen and oxygen atoms in total. The fourth-order valence-corrected chi connectivity index (χ4v) is 3.73. The molecule has 124 valence electrons. The SMILES string of the molecule is Cc1cncc(-c2cccc(C3(C4CCC4)NNCNC3=O)c2)c1. The molecule has 0 spiro atoms. The second kappa shape index (κ2) is 6.00. The molecule has 2 fully saturated rings. The Hall–Kier alpha value is -2.24. The van der Waals surface area contributed by atoms with Gasteiger partial charge in [0, 0.05) is 18.0 Å². The van der Waals surface area contributed by atoms with Crippen LogP contribution in [-0.4, -0.2) is 17.6 Å². The highest BCUT2D eigenvalue weighted by Gasteiger charge is 2.50. The summed E-state index contributed by atoms with van der Waals surface area (Å²) in [7, 11) is 0. The first-order valence-electron chi connectivity index (χ1n) is 8.51. The lowest BCUT2D eigenvalue weighted by molar-refractivity contribution is -0.136. The standard InChI is InChI=1S/C19H22N4O/c1-13-8-15(11-20-10-13)14-4-2-7-17(9-14)19(16-5-3-6-16)18(24)21-12-22-23-19/h2,4,7-11,16,22-23H,3,5-6,12H2,1H3,(H,21,24). The highest BCUT2D eigenvalue weighted by atomic mass is 16.2. The van der Waals surface area contributed by atoms with E-state index in [9.17, 15) is 4.79 Å². The maximum absolute atomic E-state index is 12.8. The number of aromatic nitrogens is 1. The molecule has 4 rings (SSSR count). The van der Waals surface area contributed by atoms with E-state index in [1.54, 1.807) is 0 Å². The van der Waals surface area contributed by atoms with Crippen molar-refractivity contribution >= 4 is 5.91 Å². The zero-order valence-corrected chi connectivity index (χ0v) is 13.8. The predicted octanol–water partition coefficient (Wildman–Crippen LogP) is 2.23. The number of aryl methyl sites for hydroxylation is 1. The van der Waals surface area contributed by atoms with Gasteiger partial charge < -0.3 is 5.32 Å². The molecular weight excluding hydrogens is 300 g/mol. The maximum atomic E-state index is 12.8. The third kappa shape index (κ3) is 2.41. The minimum atomic E-state index is -0.691. The quantitative estimate of drug-likeness (QED) is 0.811. The molecule has 3 N–H and O–H groups in total. The largest absolute Gasteiger partial charge is 0.340 e. The summed E-state index contributed by atoms with van der Waals surface area (Å²) in [4.78, 5) is 17.1. The average Bonchev–Trinajstić information content (AvgIpc) is 2.55. The molecule has 1 unspecified atom stereocenters. The zero-order chi connectivity index (χ0) is 16.6. The van der Waals surface area contributed by atoms with Crippen LogP contribution in [0.15, 0.2) is 42.7 Å². The summed E-state index contributed by atoms with van der Waals surface area (Å²) in [6.07, 6.45) is 7.04. The van der Waals surface area contributed by atoms with E-state index in [1.165, 1.54) is 6.42 Å². The average molecular weight is 322 g/mol. The lowest BCUT2D eigenvalue weighted by Gasteiger charge is -2.47. The van der Waals surface area contributed by atoms with Crippen molar-refractivity contribution in [3.8, 4) is 11.1 Å². The van der Waals surface area contributed by atoms with Gasteiger partial charge in [-0.15, -0.1) is 0 Å². The Morgan fingerprint density at radius 2 is 2.04 bits per heavy atom. The maximum Gasteiger partial charge on any atom is 0.247 e. The Balaban J connectivity index is 1.79. The number of nitrogens with zero attached hydrogens (tertiary/aromatic N) is 1. The minimum absolute atomic E-state index is 0.0606. The third-order valence-corrected chi connectivity index (χ3v) is 5.22. The van der Waals surface area contributed by atoms with Crippen LogP contribution in [0.3, 0.4) is 0 Å². The second-order valence-corrected chi connectivity index (χ2v) is 6.75. The molecule has 1 aliphatic heterocycles. The van der Waals surface area contributed by atoms with Crippen LogP contribution in [-0.2, 0) is 10.3 Å². The molecule has 5 heteroatoms. The molecule has 1 atom stereocenters. The summed E-state index contributed by atoms with van der Waals surface area (Å²) < 4.78 is 0. The Bertz CT molecular complexity index is 771. The normalized spacial score (nSPS) is 24.3. The van der Waals surface area contributed by atoms with Gasteiger partial charge >= 0.3 is 0 Å². The van der Waals surface area contributed by atoms with Crippen LogP contribution in [0, 0.1) is 12.8 Å². The second-order valence-electron chi connectivity index (χ2n) is 6.75. The molecule has 1 amide bonds. The number of rotatable bonds is 3. The van der Waals surface area contributed by atoms with Gasteiger partial charge in [0.1, 0.15) is 5.54 Å². The highest BCUT2D eigenvalue weighted by molar-refractivity contribution is 5.89. The summed E-state index contributed by atoms with van der Waals surface area (Å²) >= 11 is 0. The van der Waals surface area contributed by atoms with Crippen LogP contribution in [0.25, 0.3) is 11.1 Å². The van der Waals surface area contributed by atoms with Crippen LogP contribution in [0.1, 0.15) is 30.4 Å². The van der Waals surface area contributed by atoms with Crippen LogP contribution in [0.2, 0.25) is 0 Å². The molecule has 2 aromatic rings. The number of hydrogen-bond donors (Lipinski definition) is 3. The molecule has 0 bridgehead atoms. The fourth-order valence-electron chi connectivity index (χ4n) is 3.73. The van der Waals surface area contributed by atoms with Crippen molar-refractivity contribution in [1.82, 2.24) is 21.2 Å². The molecule has 1 aromatic carbocycles. The van der Waals surface area contributed by atoms with Gasteiger partial charge in [-0.1, -0.05) is 24.6 Å². The van der Waals surface area contributed by atoms with Crippen LogP contribution in [0.4, 0.5) is 0 Å². The molecule has 1 aromatic heterocycles. The molecule has 0 radical (unpaired) electrons. The van der Waals surface area contributed by atoms with Gasteiger partial charge in [-0.25, -0.2) is 10.9 Å². The van der Waals surface area contributed by atoms with Crippen molar-refractivity contribution in [3.63, 3.8) is 0 Å². The van der Waals surface area contributed by atoms with Gasteiger partial charge in [0.25, 0.3) is 0 Å². The molecule has 1 saturated heterocycles. The van der Waals surface area contributed by atoms with Crippen LogP contribution in [0.5, 0.6) is 0 Å². The number of hydrazine groups is 1. The van der Waals surface area contributed by atoms with Crippen LogP contribution < -0.4 is 16.2 Å². The smallest absolute Gasteiger partial charge is 0.247 e. The van der Waals surface area contributed by atoms with E-state index in [-0.39, 0.29) is 5.91 Å². The number of nitrogens with one attached hydrogen (secondary N) is 3. The number of carbonyl (C=O) groups excluding carboxylic acids is 1. The van der Waals surface area contributed by atoms with E-state index in [0.29, 0.717) is 12.6 Å². The van der Waals surface area contributed by atoms with E-state index in [2.05, 4.69) is 39.4 Å². The van der Waals surface area contributed by atoms with Gasteiger partial charge in [-0.3, -0.25) is 9.78 Å². The monoisotopic (exact) mass is 322 g/mol. The Labute approximate surface area is 141 Å². The molecular formula is C19H22N4O. The Morgan fingerprint density at radius 3 is 2.75 bits per heavy atom. The summed E-state index contributed by atoms with van der Waals surface area (Å²) in [6, 6.07) is 10.4. The summed E-state index contributed by atoms with van der Waals surface area (Å²) in [5, 5.41) is 2.96. The first kappa shape index (κ1) is 15.3. The summed E-state index contributed by atoms with van der Waals surface area (Å²) in [5.41, 5.74) is 10.0. The molecule has 2 heterocycles. The van der Waals surface area contributed by atoms with E-state index in [1.807, 2.05) is 31.5 Å². The fraction of sp³-hybridized carbons (Fsp3) is 0.368. The van der Waals surface area contributed by atoms with Crippen molar-refractivity contribution in [1.29, 1.82) is 0 Å². The van der Waals surface area contributed by atoms with Crippen molar-refractivity contribution in [3.05, 3.63) is 53.9 Å². The van der Waals surface area contributed by atoms with Crippen molar-refractivity contribution in [2.45, 2.75) is 31.7 Å². The summed E-state index contributed by atoms with van der Waals surface area (Å²) in [6.45, 7) is 2.49. The number of hydrogen-bond acceptors (Lipinski definition) is 4. The van der Waals surface area contributed by atoms with Gasteiger partial charge in [0.05, 0.1) is 6.67 Å². The summed E-state index contributed by atoms with van der Waals surface area (Å²) in [5.74, 6) is 0.377. The lowest BCUT2D eigenvalue weighted by Crippen LogP contribution is -2.69. The number of pyridine rings is 1. The molecule has 24 heavy (non-hydrogen) atoms. The Kier molecular flexibility index (Phi) is 3.82. The molecule has 2 aliphatic rings. The minimum Gasteiger partial charge on any atom is -0.340 e. The topological polar surface area (TPSA) is 66.1 Å². The highest BCUT2D eigenvalue weighted by Crippen LogP contribution is 2.43. The number of benzene rings is 1. The van der Waals surface area contributed by atoms with Gasteiger partial charge in [-0.2, -0.15) is 0 Å². The van der Waals surface area contributed by atoms with E-state index >= 15 is 0 Å². The van der Waals surface area contributed by atoms with Gasteiger partial charge in [-0.05, 0) is 54.5 Å². The number of amides is 1. The van der Waals surface area contributed by atoms with E-state index < -0.39 is 5.54 Å². The Morgan fingerprint density at radius 1 is 1.17 bits per heavy atom. The first-order chi connectivity index (χ1) is 11.7. The van der Waals surface area contributed by atoms with Crippen molar-refractivity contribution < 1.29 is 4.79 Å². The van der Waals surface area contributed by atoms with Crippen molar-refractivity contribution in [2.75, 3.05) is 6.67 Å². The lowest BCUT2D eigenvalue weighted by atomic mass is 9.66. The first-order valence-corrected chi connectivity index (χ1v) is 8.51. The van der Waals surface area contributed by atoms with Gasteiger partial charge in [0.2, 0.25) is 5.91 Å². The molecule has 1 saturated carbocycles. The molecule has 1 aliphatic carbocycles. The zero-order valence-electron chi connectivity index (χ0n) is 13.8. The van der Waals surface area contributed by atoms with Crippen LogP contribution >= 0.6 is 0 Å². The van der Waals surface area contributed by atoms with E-state index in [4.69, 9.17) is 0 Å². The van der Waals surface area contributed by atoms with Gasteiger partial charge in [0.15, 0.2) is 0 Å². The van der Waals surface area contributed by atoms with Crippen molar-refractivity contribution in [2.24, 2.45) is 5.92 Å².